The first-order valence-corrected chi connectivity index (χ1v) is 8.80. The van der Waals surface area contributed by atoms with Crippen molar-refractivity contribution in [2.24, 2.45) is 4.99 Å². The molecule has 132 valence electrons. The number of rotatable bonds is 4. The van der Waals surface area contributed by atoms with Crippen molar-refractivity contribution in [1.82, 2.24) is 10.2 Å². The van der Waals surface area contributed by atoms with E-state index in [0.29, 0.717) is 5.75 Å². The molecule has 5 heteroatoms. The second kappa shape index (κ2) is 8.42. The SMILES string of the molecule is CN=C(NCCc1ccccc1)N1CCN(c2ccccc2O)CC1. The minimum Gasteiger partial charge on any atom is -0.506 e. The van der Waals surface area contributed by atoms with Gasteiger partial charge in [-0.2, -0.15) is 0 Å². The van der Waals surface area contributed by atoms with E-state index in [1.54, 1.807) is 6.07 Å². The Morgan fingerprint density at radius 1 is 1.00 bits per heavy atom. The highest BCUT2D eigenvalue weighted by molar-refractivity contribution is 5.80. The number of benzene rings is 2. The molecule has 5 nitrogen and oxygen atoms in total. The van der Waals surface area contributed by atoms with Crippen molar-refractivity contribution in [2.75, 3.05) is 44.7 Å². The van der Waals surface area contributed by atoms with E-state index in [0.717, 1.165) is 50.8 Å². The number of hydrogen-bond acceptors (Lipinski definition) is 3. The van der Waals surface area contributed by atoms with Crippen LogP contribution in [0.5, 0.6) is 5.75 Å². The van der Waals surface area contributed by atoms with Crippen molar-refractivity contribution in [3.8, 4) is 5.75 Å². The number of guanidine groups is 1. The van der Waals surface area contributed by atoms with Crippen LogP contribution in [0.2, 0.25) is 0 Å². The maximum absolute atomic E-state index is 10.0. The highest BCUT2D eigenvalue weighted by Gasteiger charge is 2.21. The highest BCUT2D eigenvalue weighted by atomic mass is 16.3. The van der Waals surface area contributed by atoms with Gasteiger partial charge in [0.15, 0.2) is 5.96 Å². The molecule has 2 N–H and O–H groups in total. The Morgan fingerprint density at radius 2 is 1.68 bits per heavy atom. The Morgan fingerprint density at radius 3 is 2.36 bits per heavy atom. The van der Waals surface area contributed by atoms with Crippen LogP contribution < -0.4 is 10.2 Å². The van der Waals surface area contributed by atoms with Crippen molar-refractivity contribution in [1.29, 1.82) is 0 Å². The van der Waals surface area contributed by atoms with Crippen LogP contribution in [0.3, 0.4) is 0 Å². The molecule has 1 aliphatic heterocycles. The van der Waals surface area contributed by atoms with E-state index in [4.69, 9.17) is 0 Å². The normalized spacial score (nSPS) is 15.3. The van der Waals surface area contributed by atoms with E-state index in [1.807, 2.05) is 31.3 Å². The zero-order valence-electron chi connectivity index (χ0n) is 14.7. The summed E-state index contributed by atoms with van der Waals surface area (Å²) in [7, 11) is 1.83. The summed E-state index contributed by atoms with van der Waals surface area (Å²) in [5, 5.41) is 13.5. The Kier molecular flexibility index (Phi) is 5.77. The molecule has 2 aromatic carbocycles. The average molecular weight is 338 g/mol. The molecule has 0 saturated carbocycles. The summed E-state index contributed by atoms with van der Waals surface area (Å²) in [5.41, 5.74) is 2.24. The van der Waals surface area contributed by atoms with E-state index in [9.17, 15) is 5.11 Å². The van der Waals surface area contributed by atoms with Gasteiger partial charge in [0, 0.05) is 39.8 Å². The predicted molar refractivity (Wildman–Crippen MR) is 103 cm³/mol. The Balaban J connectivity index is 1.50. The van der Waals surface area contributed by atoms with Gasteiger partial charge in [-0.25, -0.2) is 0 Å². The number of hydrogen-bond donors (Lipinski definition) is 2. The fourth-order valence-electron chi connectivity index (χ4n) is 3.19. The van der Waals surface area contributed by atoms with Crippen LogP contribution >= 0.6 is 0 Å². The number of aliphatic imine (C=N–C) groups is 1. The molecule has 0 atom stereocenters. The molecule has 3 rings (SSSR count). The van der Waals surface area contributed by atoms with Crippen molar-refractivity contribution >= 4 is 11.6 Å². The number of anilines is 1. The quantitative estimate of drug-likeness (QED) is 0.664. The summed E-state index contributed by atoms with van der Waals surface area (Å²) in [4.78, 5) is 8.93. The molecule has 1 fully saturated rings. The van der Waals surface area contributed by atoms with Crippen molar-refractivity contribution < 1.29 is 5.11 Å². The van der Waals surface area contributed by atoms with Crippen molar-refractivity contribution in [2.45, 2.75) is 6.42 Å². The van der Waals surface area contributed by atoms with Crippen LogP contribution in [-0.2, 0) is 6.42 Å². The first kappa shape index (κ1) is 17.1. The fourth-order valence-corrected chi connectivity index (χ4v) is 3.19. The molecule has 0 radical (unpaired) electrons. The average Bonchev–Trinajstić information content (AvgIpc) is 2.67. The standard InChI is InChI=1S/C20H26N4O/c1-21-20(22-12-11-17-7-3-2-4-8-17)24-15-13-23(14-16-24)18-9-5-6-10-19(18)25/h2-10,25H,11-16H2,1H3,(H,21,22). The van der Waals surface area contributed by atoms with Crippen molar-refractivity contribution in [3.05, 3.63) is 60.2 Å². The number of nitrogens with one attached hydrogen (secondary N) is 1. The molecule has 0 aromatic heterocycles. The number of para-hydroxylation sites is 2. The number of aromatic hydroxyl groups is 1. The Labute approximate surface area is 149 Å². The van der Waals surface area contributed by atoms with E-state index >= 15 is 0 Å². The van der Waals surface area contributed by atoms with Gasteiger partial charge in [-0.1, -0.05) is 42.5 Å². The monoisotopic (exact) mass is 338 g/mol. The van der Waals surface area contributed by atoms with E-state index in [2.05, 4.69) is 44.4 Å². The predicted octanol–water partition coefficient (Wildman–Crippen LogP) is 2.33. The maximum Gasteiger partial charge on any atom is 0.193 e. The van der Waals surface area contributed by atoms with Crippen molar-refractivity contribution in [3.63, 3.8) is 0 Å². The maximum atomic E-state index is 10.0. The van der Waals surface area contributed by atoms with Gasteiger partial charge in [-0.3, -0.25) is 4.99 Å². The minimum absolute atomic E-state index is 0.348. The summed E-state index contributed by atoms with van der Waals surface area (Å²) >= 11 is 0. The van der Waals surface area contributed by atoms with Crippen LogP contribution in [0, 0.1) is 0 Å². The largest absolute Gasteiger partial charge is 0.506 e. The van der Waals surface area contributed by atoms with Gasteiger partial charge >= 0.3 is 0 Å². The van der Waals surface area contributed by atoms with E-state index in [-0.39, 0.29) is 0 Å². The topological polar surface area (TPSA) is 51.1 Å². The molecule has 0 spiro atoms. The van der Waals surface area contributed by atoms with Crippen LogP contribution in [-0.4, -0.2) is 55.7 Å². The van der Waals surface area contributed by atoms with Crippen LogP contribution in [0.25, 0.3) is 0 Å². The lowest BCUT2D eigenvalue weighted by atomic mass is 10.1. The lowest BCUT2D eigenvalue weighted by Crippen LogP contribution is -2.52. The minimum atomic E-state index is 0.348. The van der Waals surface area contributed by atoms with Gasteiger partial charge in [0.2, 0.25) is 0 Å². The zero-order valence-corrected chi connectivity index (χ0v) is 14.7. The molecule has 25 heavy (non-hydrogen) atoms. The summed E-state index contributed by atoms with van der Waals surface area (Å²) in [6.45, 7) is 4.39. The number of piperazine rings is 1. The molecule has 1 saturated heterocycles. The molecular formula is C20H26N4O. The third-order valence-corrected chi connectivity index (χ3v) is 4.55. The summed E-state index contributed by atoms with van der Waals surface area (Å²) in [6, 6.07) is 18.0. The second-order valence-corrected chi connectivity index (χ2v) is 6.17. The molecule has 1 heterocycles. The first-order valence-electron chi connectivity index (χ1n) is 8.80. The lowest BCUT2D eigenvalue weighted by Gasteiger charge is -2.37. The summed E-state index contributed by atoms with van der Waals surface area (Å²) in [5.74, 6) is 1.30. The molecule has 0 amide bonds. The van der Waals surface area contributed by atoms with Crippen LogP contribution in [0.1, 0.15) is 5.56 Å². The van der Waals surface area contributed by atoms with Gasteiger partial charge in [0.25, 0.3) is 0 Å². The van der Waals surface area contributed by atoms with E-state index < -0.39 is 0 Å². The van der Waals surface area contributed by atoms with E-state index in [1.165, 1.54) is 5.56 Å². The molecular weight excluding hydrogens is 312 g/mol. The van der Waals surface area contributed by atoms with Crippen LogP contribution in [0.4, 0.5) is 5.69 Å². The smallest absolute Gasteiger partial charge is 0.193 e. The number of phenols is 1. The molecule has 0 aliphatic carbocycles. The fraction of sp³-hybridized carbons (Fsp3) is 0.350. The summed E-state index contributed by atoms with van der Waals surface area (Å²) < 4.78 is 0. The van der Waals surface area contributed by atoms with Gasteiger partial charge in [-0.05, 0) is 24.1 Å². The molecule has 1 aliphatic rings. The third kappa shape index (κ3) is 4.44. The summed E-state index contributed by atoms with van der Waals surface area (Å²) in [6.07, 6.45) is 0.984. The highest BCUT2D eigenvalue weighted by Crippen LogP contribution is 2.27. The van der Waals surface area contributed by atoms with Crippen LogP contribution in [0.15, 0.2) is 59.6 Å². The van der Waals surface area contributed by atoms with Gasteiger partial charge in [0.1, 0.15) is 5.75 Å². The van der Waals surface area contributed by atoms with Gasteiger partial charge in [0.05, 0.1) is 5.69 Å². The molecule has 2 aromatic rings. The number of phenolic OH excluding ortho intramolecular Hbond substituents is 1. The second-order valence-electron chi connectivity index (χ2n) is 6.17. The van der Waals surface area contributed by atoms with Gasteiger partial charge in [-0.15, -0.1) is 0 Å². The Hall–Kier alpha value is -2.69. The number of nitrogens with zero attached hydrogens (tertiary/aromatic N) is 3. The van der Waals surface area contributed by atoms with Gasteiger partial charge < -0.3 is 20.2 Å². The first-order chi connectivity index (χ1) is 12.3. The lowest BCUT2D eigenvalue weighted by molar-refractivity contribution is 0.370. The molecule has 0 unspecified atom stereocenters. The molecule has 0 bridgehead atoms. The Bertz CT molecular complexity index is 694. The zero-order chi connectivity index (χ0) is 17.5. The third-order valence-electron chi connectivity index (χ3n) is 4.55.